The summed E-state index contributed by atoms with van der Waals surface area (Å²) in [6, 6.07) is 0. The van der Waals surface area contributed by atoms with Gasteiger partial charge in [-0.15, -0.1) is 0 Å². The van der Waals surface area contributed by atoms with Crippen LogP contribution in [0, 0.1) is 0 Å². The maximum Gasteiger partial charge on any atom is 0.303 e. The zero-order valence-electron chi connectivity index (χ0n) is 12.7. The zero-order valence-corrected chi connectivity index (χ0v) is 12.7. The van der Waals surface area contributed by atoms with Crippen LogP contribution in [0.1, 0.15) is 34.6 Å². The van der Waals surface area contributed by atoms with Crippen molar-refractivity contribution in [2.24, 2.45) is 0 Å². The summed E-state index contributed by atoms with van der Waals surface area (Å²) < 4.78 is 19.7. The first-order chi connectivity index (χ1) is 9.63. The topological polar surface area (TPSA) is 105 Å². The van der Waals surface area contributed by atoms with Crippen LogP contribution in [0.25, 0.3) is 0 Å². The molecule has 3 atom stereocenters. The third-order valence-corrected chi connectivity index (χ3v) is 2.25. The van der Waals surface area contributed by atoms with Crippen LogP contribution in [0.2, 0.25) is 0 Å². The fourth-order valence-electron chi connectivity index (χ4n) is 1.60. The Hall–Kier alpha value is -2.12. The summed E-state index contributed by atoms with van der Waals surface area (Å²) in [5, 5.41) is 0. The number of carbonyl (C=O) groups excluding carboxylic acids is 4. The van der Waals surface area contributed by atoms with Crippen LogP contribution in [0.4, 0.5) is 0 Å². The number of hydrogen-bond donors (Lipinski definition) is 0. The molecule has 0 aromatic carbocycles. The standard InChI is InChI=1S/C13H20O8/c1-7(19-9(3)15)13(21-11(5)17)12(20-10(4)16)6-18-8(2)14/h7,12-13H,6H2,1-5H3/t7-,12+,13+/m0/s1. The Morgan fingerprint density at radius 1 is 0.762 bits per heavy atom. The van der Waals surface area contributed by atoms with Crippen molar-refractivity contribution >= 4 is 23.9 Å². The monoisotopic (exact) mass is 304 g/mol. The summed E-state index contributed by atoms with van der Waals surface area (Å²) in [4.78, 5) is 44.2. The van der Waals surface area contributed by atoms with Gasteiger partial charge < -0.3 is 18.9 Å². The summed E-state index contributed by atoms with van der Waals surface area (Å²) >= 11 is 0. The molecule has 8 heteroatoms. The molecule has 0 spiro atoms. The zero-order chi connectivity index (χ0) is 16.6. The molecule has 8 nitrogen and oxygen atoms in total. The van der Waals surface area contributed by atoms with Gasteiger partial charge in [0.05, 0.1) is 0 Å². The lowest BCUT2D eigenvalue weighted by atomic mass is 10.1. The fourth-order valence-corrected chi connectivity index (χ4v) is 1.60. The first-order valence-electron chi connectivity index (χ1n) is 6.28. The molecule has 21 heavy (non-hydrogen) atoms. The van der Waals surface area contributed by atoms with E-state index >= 15 is 0 Å². The lowest BCUT2D eigenvalue weighted by Gasteiger charge is -2.29. The van der Waals surface area contributed by atoms with E-state index in [1.165, 1.54) is 20.8 Å². The Kier molecular flexibility index (Phi) is 8.03. The van der Waals surface area contributed by atoms with E-state index in [4.69, 9.17) is 18.9 Å². The average Bonchev–Trinajstić information content (AvgIpc) is 2.29. The summed E-state index contributed by atoms with van der Waals surface area (Å²) in [7, 11) is 0. The Balaban J connectivity index is 5.12. The number of hydrogen-bond acceptors (Lipinski definition) is 8. The maximum absolute atomic E-state index is 11.2. The number of ether oxygens (including phenoxy) is 4. The first-order valence-corrected chi connectivity index (χ1v) is 6.28. The van der Waals surface area contributed by atoms with Gasteiger partial charge in [0.1, 0.15) is 12.7 Å². The minimum absolute atomic E-state index is 0.321. The molecule has 0 aliphatic carbocycles. The van der Waals surface area contributed by atoms with Crippen molar-refractivity contribution < 1.29 is 38.1 Å². The molecule has 0 saturated carbocycles. The van der Waals surface area contributed by atoms with E-state index in [2.05, 4.69) is 0 Å². The Morgan fingerprint density at radius 3 is 1.62 bits per heavy atom. The molecule has 0 bridgehead atoms. The third kappa shape index (κ3) is 8.61. The molecule has 0 aromatic heterocycles. The van der Waals surface area contributed by atoms with Crippen molar-refractivity contribution in [3.63, 3.8) is 0 Å². The minimum Gasteiger partial charge on any atom is -0.462 e. The molecule has 0 aliphatic rings. The Morgan fingerprint density at radius 2 is 1.24 bits per heavy atom. The second-order valence-corrected chi connectivity index (χ2v) is 4.34. The highest BCUT2D eigenvalue weighted by atomic mass is 16.6. The minimum atomic E-state index is -1.09. The van der Waals surface area contributed by atoms with Crippen LogP contribution < -0.4 is 0 Å². The summed E-state index contributed by atoms with van der Waals surface area (Å²) in [5.41, 5.74) is 0. The highest BCUT2D eigenvalue weighted by Gasteiger charge is 2.35. The maximum atomic E-state index is 11.2. The van der Waals surface area contributed by atoms with E-state index in [0.717, 1.165) is 13.8 Å². The molecule has 0 heterocycles. The Bertz CT molecular complexity index is 403. The highest BCUT2D eigenvalue weighted by Crippen LogP contribution is 2.14. The van der Waals surface area contributed by atoms with E-state index in [9.17, 15) is 19.2 Å². The molecule has 120 valence electrons. The first kappa shape index (κ1) is 18.9. The normalized spacial score (nSPS) is 14.3. The summed E-state index contributed by atoms with van der Waals surface area (Å²) in [6.07, 6.45) is -3.05. The largest absolute Gasteiger partial charge is 0.462 e. The molecular weight excluding hydrogens is 284 g/mol. The van der Waals surface area contributed by atoms with Gasteiger partial charge in [-0.25, -0.2) is 0 Å². The van der Waals surface area contributed by atoms with Crippen molar-refractivity contribution in [2.45, 2.75) is 52.9 Å². The average molecular weight is 304 g/mol. The second-order valence-electron chi connectivity index (χ2n) is 4.34. The summed E-state index contributed by atoms with van der Waals surface area (Å²) in [6.45, 7) is 5.83. The van der Waals surface area contributed by atoms with E-state index in [0.29, 0.717) is 0 Å². The van der Waals surface area contributed by atoms with Gasteiger partial charge in [-0.3, -0.25) is 19.2 Å². The molecular formula is C13H20O8. The molecule has 0 fully saturated rings. The molecule has 0 N–H and O–H groups in total. The van der Waals surface area contributed by atoms with Gasteiger partial charge in [-0.2, -0.15) is 0 Å². The van der Waals surface area contributed by atoms with Gasteiger partial charge >= 0.3 is 23.9 Å². The second kappa shape index (κ2) is 8.93. The Labute approximate surface area is 122 Å². The van der Waals surface area contributed by atoms with E-state index in [1.54, 1.807) is 0 Å². The predicted molar refractivity (Wildman–Crippen MR) is 69.0 cm³/mol. The molecule has 0 amide bonds. The number of esters is 4. The predicted octanol–water partition coefficient (Wildman–Crippen LogP) is 0.365. The van der Waals surface area contributed by atoms with E-state index in [-0.39, 0.29) is 6.61 Å². The quantitative estimate of drug-likeness (QED) is 0.490. The van der Waals surface area contributed by atoms with Crippen LogP contribution in [-0.4, -0.2) is 48.8 Å². The van der Waals surface area contributed by atoms with Crippen LogP contribution in [0.3, 0.4) is 0 Å². The van der Waals surface area contributed by atoms with E-state index < -0.39 is 42.2 Å². The van der Waals surface area contributed by atoms with Crippen molar-refractivity contribution in [1.82, 2.24) is 0 Å². The van der Waals surface area contributed by atoms with Crippen LogP contribution in [0.15, 0.2) is 0 Å². The fraction of sp³-hybridized carbons (Fsp3) is 0.692. The number of rotatable bonds is 7. The lowest BCUT2D eigenvalue weighted by Crippen LogP contribution is -2.46. The molecule has 0 radical (unpaired) electrons. The molecule has 0 unspecified atom stereocenters. The van der Waals surface area contributed by atoms with E-state index in [1.807, 2.05) is 0 Å². The van der Waals surface area contributed by atoms with Gasteiger partial charge in [0.25, 0.3) is 0 Å². The highest BCUT2D eigenvalue weighted by molar-refractivity contribution is 5.68. The van der Waals surface area contributed by atoms with Crippen LogP contribution in [0.5, 0.6) is 0 Å². The van der Waals surface area contributed by atoms with Gasteiger partial charge in [0.15, 0.2) is 12.2 Å². The summed E-state index contributed by atoms with van der Waals surface area (Å²) in [5.74, 6) is -2.49. The number of carbonyl (C=O) groups is 4. The van der Waals surface area contributed by atoms with Crippen molar-refractivity contribution in [3.05, 3.63) is 0 Å². The third-order valence-electron chi connectivity index (χ3n) is 2.25. The lowest BCUT2D eigenvalue weighted by molar-refractivity contribution is -0.187. The van der Waals surface area contributed by atoms with Gasteiger partial charge in [-0.1, -0.05) is 0 Å². The van der Waals surface area contributed by atoms with Crippen LogP contribution >= 0.6 is 0 Å². The van der Waals surface area contributed by atoms with Crippen molar-refractivity contribution in [3.8, 4) is 0 Å². The van der Waals surface area contributed by atoms with Crippen molar-refractivity contribution in [2.75, 3.05) is 6.61 Å². The van der Waals surface area contributed by atoms with Crippen LogP contribution in [-0.2, 0) is 38.1 Å². The smallest absolute Gasteiger partial charge is 0.303 e. The molecule has 0 rings (SSSR count). The van der Waals surface area contributed by atoms with Gasteiger partial charge in [0, 0.05) is 27.7 Å². The molecule has 0 aliphatic heterocycles. The molecule has 0 saturated heterocycles. The van der Waals surface area contributed by atoms with Gasteiger partial charge in [0.2, 0.25) is 0 Å². The molecule has 0 aromatic rings. The SMILES string of the molecule is CC(=O)OC[C@@H](OC(C)=O)[C@H](OC(C)=O)[C@H](C)OC(C)=O. The van der Waals surface area contributed by atoms with Crippen molar-refractivity contribution in [1.29, 1.82) is 0 Å². The van der Waals surface area contributed by atoms with Gasteiger partial charge in [-0.05, 0) is 6.92 Å².